The second-order valence-corrected chi connectivity index (χ2v) is 7.88. The second kappa shape index (κ2) is 9.32. The molecular weight excluding hydrogens is 424 g/mol. The Morgan fingerprint density at radius 1 is 0.970 bits per heavy atom. The van der Waals surface area contributed by atoms with Crippen molar-refractivity contribution in [2.45, 2.75) is 19.9 Å². The average Bonchev–Trinajstić information content (AvgIpc) is 3.09. The molecule has 1 saturated heterocycles. The summed E-state index contributed by atoms with van der Waals surface area (Å²) in [6.07, 6.45) is 0.637. The number of H-pyrrole nitrogens is 1. The summed E-state index contributed by atoms with van der Waals surface area (Å²) in [6.45, 7) is 3.80. The summed E-state index contributed by atoms with van der Waals surface area (Å²) < 4.78 is 6.43. The van der Waals surface area contributed by atoms with Gasteiger partial charge in [0.15, 0.2) is 0 Å². The molecule has 2 amide bonds. The fourth-order valence-electron chi connectivity index (χ4n) is 4.17. The van der Waals surface area contributed by atoms with E-state index in [9.17, 15) is 19.2 Å². The molecule has 1 aliphatic heterocycles. The van der Waals surface area contributed by atoms with Crippen molar-refractivity contribution in [2.24, 2.45) is 0 Å². The van der Waals surface area contributed by atoms with E-state index in [0.717, 1.165) is 4.57 Å². The lowest BCUT2D eigenvalue weighted by Gasteiger charge is -2.23. The second-order valence-electron chi connectivity index (χ2n) is 7.88. The maximum atomic E-state index is 13.2. The zero-order chi connectivity index (χ0) is 23.5. The van der Waals surface area contributed by atoms with Gasteiger partial charge in [-0.15, -0.1) is 0 Å². The van der Waals surface area contributed by atoms with Crippen molar-refractivity contribution in [3.05, 3.63) is 74.4 Å². The van der Waals surface area contributed by atoms with Crippen molar-refractivity contribution >= 4 is 22.7 Å². The zero-order valence-electron chi connectivity index (χ0n) is 18.7. The van der Waals surface area contributed by atoms with Crippen LogP contribution in [0.4, 0.5) is 0 Å². The number of methoxy groups -OCH3 is 1. The van der Waals surface area contributed by atoms with Gasteiger partial charge >= 0.3 is 5.69 Å². The third-order valence-electron chi connectivity index (χ3n) is 5.95. The van der Waals surface area contributed by atoms with Crippen molar-refractivity contribution < 1.29 is 14.3 Å². The van der Waals surface area contributed by atoms with Crippen LogP contribution in [0.5, 0.6) is 5.75 Å². The molecule has 9 heteroatoms. The lowest BCUT2D eigenvalue weighted by molar-refractivity contribution is 0.0717. The highest BCUT2D eigenvalue weighted by Crippen LogP contribution is 2.21. The number of aromatic nitrogens is 2. The van der Waals surface area contributed by atoms with Crippen LogP contribution < -0.4 is 16.0 Å². The van der Waals surface area contributed by atoms with Crippen LogP contribution in [0.3, 0.4) is 0 Å². The maximum absolute atomic E-state index is 13.2. The molecule has 1 fully saturated rings. The third kappa shape index (κ3) is 4.26. The largest absolute Gasteiger partial charge is 0.496 e. The lowest BCUT2D eigenvalue weighted by Crippen LogP contribution is -2.37. The molecule has 1 aliphatic rings. The topological polar surface area (TPSA) is 105 Å². The predicted molar refractivity (Wildman–Crippen MR) is 124 cm³/mol. The number of amides is 2. The summed E-state index contributed by atoms with van der Waals surface area (Å²) in [5, 5.41) is 0.359. The van der Waals surface area contributed by atoms with Gasteiger partial charge in [-0.25, -0.2) is 4.79 Å². The molecule has 33 heavy (non-hydrogen) atoms. The highest BCUT2D eigenvalue weighted by atomic mass is 16.5. The summed E-state index contributed by atoms with van der Waals surface area (Å²) in [5.74, 6) is 0.188. The molecule has 0 atom stereocenters. The molecule has 4 rings (SSSR count). The van der Waals surface area contributed by atoms with Gasteiger partial charge in [-0.05, 0) is 43.7 Å². The normalized spacial score (nSPS) is 14.2. The number of nitrogens with one attached hydrogen (secondary N) is 1. The minimum atomic E-state index is -0.500. The first-order chi connectivity index (χ1) is 15.9. The Morgan fingerprint density at radius 2 is 1.67 bits per heavy atom. The fourth-order valence-corrected chi connectivity index (χ4v) is 4.17. The Morgan fingerprint density at radius 3 is 2.36 bits per heavy atom. The van der Waals surface area contributed by atoms with Gasteiger partial charge in [-0.1, -0.05) is 12.1 Å². The number of ether oxygens (including phenoxy) is 1. The van der Waals surface area contributed by atoms with Crippen molar-refractivity contribution in [1.29, 1.82) is 0 Å². The smallest absolute Gasteiger partial charge is 0.328 e. The van der Waals surface area contributed by atoms with Crippen molar-refractivity contribution in [1.82, 2.24) is 19.4 Å². The lowest BCUT2D eigenvalue weighted by atomic mass is 10.1. The first-order valence-corrected chi connectivity index (χ1v) is 10.9. The van der Waals surface area contributed by atoms with Crippen LogP contribution in [0.15, 0.2) is 52.1 Å². The number of fused-ring (bicyclic) bond motifs is 1. The predicted octanol–water partition coefficient (Wildman–Crippen LogP) is 1.71. The quantitative estimate of drug-likeness (QED) is 0.652. The molecule has 0 radical (unpaired) electrons. The number of hydrogen-bond acceptors (Lipinski definition) is 5. The van der Waals surface area contributed by atoms with E-state index in [0.29, 0.717) is 60.4 Å². The van der Waals surface area contributed by atoms with Crippen LogP contribution in [-0.2, 0) is 6.54 Å². The van der Waals surface area contributed by atoms with E-state index in [1.165, 1.54) is 7.11 Å². The van der Waals surface area contributed by atoms with Crippen LogP contribution in [0.1, 0.15) is 34.1 Å². The highest BCUT2D eigenvalue weighted by molar-refractivity contribution is 5.98. The van der Waals surface area contributed by atoms with Gasteiger partial charge in [0.2, 0.25) is 0 Å². The van der Waals surface area contributed by atoms with Crippen LogP contribution >= 0.6 is 0 Å². The van der Waals surface area contributed by atoms with E-state index >= 15 is 0 Å². The number of benzene rings is 2. The first kappa shape index (κ1) is 22.3. The highest BCUT2D eigenvalue weighted by Gasteiger charge is 2.25. The molecule has 2 aromatic carbocycles. The zero-order valence-corrected chi connectivity index (χ0v) is 18.7. The van der Waals surface area contributed by atoms with Crippen LogP contribution in [0.25, 0.3) is 10.9 Å². The monoisotopic (exact) mass is 450 g/mol. The number of para-hydroxylation sites is 1. The molecule has 1 N–H and O–H groups in total. The first-order valence-electron chi connectivity index (χ1n) is 10.9. The number of aromatic amines is 1. The molecule has 172 valence electrons. The molecule has 0 unspecified atom stereocenters. The van der Waals surface area contributed by atoms with Gasteiger partial charge < -0.3 is 19.5 Å². The van der Waals surface area contributed by atoms with E-state index in [-0.39, 0.29) is 23.9 Å². The third-order valence-corrected chi connectivity index (χ3v) is 5.95. The Hall–Kier alpha value is -3.88. The van der Waals surface area contributed by atoms with Gasteiger partial charge in [-0.3, -0.25) is 19.0 Å². The molecule has 0 aliphatic carbocycles. The van der Waals surface area contributed by atoms with Crippen LogP contribution in [0, 0.1) is 0 Å². The average molecular weight is 450 g/mol. The number of carbonyl (C=O) groups excluding carboxylic acids is 2. The van der Waals surface area contributed by atoms with Crippen molar-refractivity contribution in [2.75, 3.05) is 33.3 Å². The molecule has 2 heterocycles. The summed E-state index contributed by atoms with van der Waals surface area (Å²) in [6, 6.07) is 11.8. The van der Waals surface area contributed by atoms with Crippen LogP contribution in [-0.4, -0.2) is 64.5 Å². The van der Waals surface area contributed by atoms with Gasteiger partial charge in [0, 0.05) is 38.3 Å². The van der Waals surface area contributed by atoms with Gasteiger partial charge in [0.1, 0.15) is 5.75 Å². The minimum absolute atomic E-state index is 0.128. The summed E-state index contributed by atoms with van der Waals surface area (Å²) in [7, 11) is 1.53. The minimum Gasteiger partial charge on any atom is -0.496 e. The Balaban J connectivity index is 1.53. The SMILES string of the molecule is CCn1c(=O)[nH]c2cc(C(=O)N3CCCN(C(=O)c4ccccc4OC)CC3)ccc2c1=O. The van der Waals surface area contributed by atoms with Crippen molar-refractivity contribution in [3.8, 4) is 5.75 Å². The fraction of sp³-hybridized carbons (Fsp3) is 0.333. The van der Waals surface area contributed by atoms with Crippen molar-refractivity contribution in [3.63, 3.8) is 0 Å². The molecule has 0 spiro atoms. The van der Waals surface area contributed by atoms with Gasteiger partial charge in [0.05, 0.1) is 23.6 Å². The summed E-state index contributed by atoms with van der Waals surface area (Å²) >= 11 is 0. The molecule has 0 bridgehead atoms. The summed E-state index contributed by atoms with van der Waals surface area (Å²) in [5.41, 5.74) is 0.339. The number of nitrogens with zero attached hydrogens (tertiary/aromatic N) is 3. The van der Waals surface area contributed by atoms with E-state index < -0.39 is 5.69 Å². The number of carbonyl (C=O) groups is 2. The van der Waals surface area contributed by atoms with Gasteiger partial charge in [-0.2, -0.15) is 0 Å². The molecule has 3 aromatic rings. The Kier molecular flexibility index (Phi) is 6.30. The van der Waals surface area contributed by atoms with E-state index in [1.807, 2.05) is 6.07 Å². The molecular formula is C24H26N4O5. The Labute approximate surface area is 190 Å². The molecule has 0 saturated carbocycles. The number of rotatable bonds is 4. The standard InChI is InChI=1S/C24H26N4O5/c1-3-28-23(31)17-10-9-16(15-19(17)25-24(28)32)21(29)26-11-6-12-27(14-13-26)22(30)18-7-4-5-8-20(18)33-2/h4-5,7-10,15H,3,6,11-14H2,1-2H3,(H,25,32). The van der Waals surface area contributed by atoms with Gasteiger partial charge in [0.25, 0.3) is 17.4 Å². The van der Waals surface area contributed by atoms with Crippen LogP contribution in [0.2, 0.25) is 0 Å². The maximum Gasteiger partial charge on any atom is 0.328 e. The molecule has 1 aromatic heterocycles. The Bertz CT molecular complexity index is 1330. The molecule has 9 nitrogen and oxygen atoms in total. The van der Waals surface area contributed by atoms with E-state index in [4.69, 9.17) is 4.74 Å². The summed E-state index contributed by atoms with van der Waals surface area (Å²) in [4.78, 5) is 56.9. The van der Waals surface area contributed by atoms with E-state index in [2.05, 4.69) is 4.98 Å². The van der Waals surface area contributed by atoms with E-state index in [1.54, 1.807) is 53.1 Å². The number of hydrogen-bond donors (Lipinski definition) is 1.